The van der Waals surface area contributed by atoms with Crippen molar-refractivity contribution in [1.82, 2.24) is 20.1 Å². The van der Waals surface area contributed by atoms with E-state index in [9.17, 15) is 4.79 Å². The van der Waals surface area contributed by atoms with Crippen LogP contribution in [0.3, 0.4) is 0 Å². The number of nitrogens with one attached hydrogen (secondary N) is 2. The smallest absolute Gasteiger partial charge is 0.321 e. The zero-order chi connectivity index (χ0) is 18.6. The Morgan fingerprint density at radius 2 is 2.11 bits per heavy atom. The molecule has 8 heteroatoms. The highest BCUT2D eigenvalue weighted by Gasteiger charge is 2.26. The number of hydrogen-bond acceptors (Lipinski definition) is 5. The molecule has 0 spiro atoms. The van der Waals surface area contributed by atoms with Crippen LogP contribution in [0.15, 0.2) is 36.5 Å². The zero-order valence-electron chi connectivity index (χ0n) is 14.5. The van der Waals surface area contributed by atoms with Gasteiger partial charge in [-0.1, -0.05) is 41.4 Å². The number of hydrogen-bond donors (Lipinski definition) is 3. The molecule has 0 atom stereocenters. The van der Waals surface area contributed by atoms with Crippen molar-refractivity contribution in [3.05, 3.63) is 47.8 Å². The first kappa shape index (κ1) is 17.3. The number of nitrogens with zero attached hydrogens (tertiary/aromatic N) is 3. The molecule has 136 valence electrons. The molecular weight excluding hydrogens is 360 g/mol. The highest BCUT2D eigenvalue weighted by Crippen LogP contribution is 2.40. The summed E-state index contributed by atoms with van der Waals surface area (Å²) in [4.78, 5) is 17.6. The molecule has 0 bridgehead atoms. The Labute approximate surface area is 160 Å². The predicted molar refractivity (Wildman–Crippen MR) is 106 cm³/mol. The van der Waals surface area contributed by atoms with E-state index >= 15 is 0 Å². The van der Waals surface area contributed by atoms with Crippen LogP contribution in [0.5, 0.6) is 0 Å². The van der Waals surface area contributed by atoms with Crippen molar-refractivity contribution in [1.29, 1.82) is 0 Å². The van der Waals surface area contributed by atoms with Gasteiger partial charge in [-0.05, 0) is 30.5 Å². The van der Waals surface area contributed by atoms with Gasteiger partial charge in [0, 0.05) is 0 Å². The first-order chi connectivity index (χ1) is 13.3. The Balaban J connectivity index is 1.58. The molecule has 0 radical (unpaired) electrons. The van der Waals surface area contributed by atoms with Crippen molar-refractivity contribution in [2.75, 3.05) is 18.4 Å². The van der Waals surface area contributed by atoms with Crippen molar-refractivity contribution >= 4 is 22.5 Å². The summed E-state index contributed by atoms with van der Waals surface area (Å²) < 4.78 is 1.94. The van der Waals surface area contributed by atoms with E-state index in [-0.39, 0.29) is 19.1 Å². The molecule has 3 aromatic rings. The Bertz CT molecular complexity index is 1030. The molecule has 1 aromatic carbocycles. The number of rotatable bonds is 3. The Hall–Kier alpha value is -3.15. The molecule has 2 aromatic heterocycles. The summed E-state index contributed by atoms with van der Waals surface area (Å²) in [6.07, 6.45) is 3.64. The molecular formula is C19H18N6OS. The quantitative estimate of drug-likeness (QED) is 0.609. The Morgan fingerprint density at radius 3 is 2.93 bits per heavy atom. The molecule has 27 heavy (non-hydrogen) atoms. The third kappa shape index (κ3) is 3.56. The van der Waals surface area contributed by atoms with Crippen LogP contribution >= 0.6 is 11.3 Å². The molecule has 0 saturated carbocycles. The normalized spacial score (nSPS) is 11.7. The molecule has 4 N–H and O–H groups in total. The lowest BCUT2D eigenvalue weighted by Crippen LogP contribution is -2.28. The van der Waals surface area contributed by atoms with Crippen molar-refractivity contribution in [3.63, 3.8) is 0 Å². The van der Waals surface area contributed by atoms with Gasteiger partial charge in [-0.2, -0.15) is 5.10 Å². The summed E-state index contributed by atoms with van der Waals surface area (Å²) in [6.45, 7) is 0.527. The van der Waals surface area contributed by atoms with E-state index in [4.69, 9.17) is 5.73 Å². The number of para-hydroxylation sites is 1. The highest BCUT2D eigenvalue weighted by atomic mass is 32.1. The monoisotopic (exact) mass is 378 g/mol. The number of nitrogens with two attached hydrogens (primary N) is 1. The molecule has 1 aliphatic rings. The van der Waals surface area contributed by atoms with E-state index < -0.39 is 0 Å². The number of aromatic nitrogens is 3. The number of amides is 2. The SMILES string of the molecule is NCC#CCNC(=O)Nc1nc2c(s1)-c1c(cnn1-c1ccccc1)CC2. The van der Waals surface area contributed by atoms with Crippen LogP contribution in [-0.4, -0.2) is 33.9 Å². The number of aryl methyl sites for hydroxylation is 2. The second kappa shape index (κ2) is 7.61. The van der Waals surface area contributed by atoms with Gasteiger partial charge in [0.1, 0.15) is 0 Å². The van der Waals surface area contributed by atoms with Gasteiger partial charge in [-0.15, -0.1) is 0 Å². The lowest BCUT2D eigenvalue weighted by molar-refractivity contribution is 0.253. The largest absolute Gasteiger partial charge is 0.327 e. The minimum absolute atomic E-state index is 0.249. The van der Waals surface area contributed by atoms with Crippen molar-refractivity contribution < 1.29 is 4.79 Å². The van der Waals surface area contributed by atoms with E-state index in [1.54, 1.807) is 0 Å². The minimum Gasteiger partial charge on any atom is -0.327 e. The fraction of sp³-hybridized carbons (Fsp3) is 0.211. The minimum atomic E-state index is -0.329. The predicted octanol–water partition coefficient (Wildman–Crippen LogP) is 2.18. The van der Waals surface area contributed by atoms with Crippen molar-refractivity contribution in [2.45, 2.75) is 12.8 Å². The van der Waals surface area contributed by atoms with Crippen LogP contribution < -0.4 is 16.4 Å². The first-order valence-electron chi connectivity index (χ1n) is 8.59. The third-order valence-corrected chi connectivity index (χ3v) is 5.19. The number of carbonyl (C=O) groups excluding carboxylic acids is 1. The van der Waals surface area contributed by atoms with E-state index in [1.165, 1.54) is 16.9 Å². The summed E-state index contributed by atoms with van der Waals surface area (Å²) in [6, 6.07) is 9.69. The topological polar surface area (TPSA) is 97.9 Å². The van der Waals surface area contributed by atoms with Gasteiger partial charge in [0.15, 0.2) is 5.13 Å². The average molecular weight is 378 g/mol. The molecule has 2 amide bonds. The van der Waals surface area contributed by atoms with E-state index in [0.29, 0.717) is 5.13 Å². The fourth-order valence-electron chi connectivity index (χ4n) is 2.99. The highest BCUT2D eigenvalue weighted by molar-refractivity contribution is 7.19. The Morgan fingerprint density at radius 1 is 1.26 bits per heavy atom. The summed E-state index contributed by atoms with van der Waals surface area (Å²) in [5.41, 5.74) is 9.54. The van der Waals surface area contributed by atoms with E-state index in [0.717, 1.165) is 34.8 Å². The van der Waals surface area contributed by atoms with Gasteiger partial charge < -0.3 is 11.1 Å². The zero-order valence-corrected chi connectivity index (χ0v) is 15.3. The standard InChI is InChI=1S/C19H18N6OS/c20-10-4-5-11-21-18(26)24-19-23-15-9-8-13-12-22-25(16(13)17(15)27-19)14-6-2-1-3-7-14/h1-3,6-7,12H,8-11,20H2,(H2,21,23,24,26). The van der Waals surface area contributed by atoms with Gasteiger partial charge in [0.25, 0.3) is 0 Å². The molecule has 0 fully saturated rings. The number of fused-ring (bicyclic) bond motifs is 3. The molecule has 0 aliphatic heterocycles. The first-order valence-corrected chi connectivity index (χ1v) is 9.41. The van der Waals surface area contributed by atoms with Crippen molar-refractivity contribution in [3.8, 4) is 28.1 Å². The maximum atomic E-state index is 12.0. The fourth-order valence-corrected chi connectivity index (χ4v) is 4.06. The molecule has 1 aliphatic carbocycles. The summed E-state index contributed by atoms with van der Waals surface area (Å²) in [7, 11) is 0. The van der Waals surface area contributed by atoms with Gasteiger partial charge in [0.2, 0.25) is 0 Å². The van der Waals surface area contributed by atoms with E-state index in [1.807, 2.05) is 41.2 Å². The second-order valence-electron chi connectivity index (χ2n) is 5.93. The molecule has 4 rings (SSSR count). The van der Waals surface area contributed by atoms with Gasteiger partial charge in [-0.25, -0.2) is 14.5 Å². The lowest BCUT2D eigenvalue weighted by atomic mass is 10.0. The summed E-state index contributed by atoms with van der Waals surface area (Å²) >= 11 is 1.46. The number of thiazole rings is 1. The average Bonchev–Trinajstić information content (AvgIpc) is 3.29. The van der Waals surface area contributed by atoms with Crippen LogP contribution in [0.1, 0.15) is 11.3 Å². The second-order valence-corrected chi connectivity index (χ2v) is 6.93. The van der Waals surface area contributed by atoms with Crippen LogP contribution in [0.2, 0.25) is 0 Å². The maximum absolute atomic E-state index is 12.0. The van der Waals surface area contributed by atoms with Crippen LogP contribution in [0, 0.1) is 11.8 Å². The van der Waals surface area contributed by atoms with Crippen LogP contribution in [-0.2, 0) is 12.8 Å². The summed E-state index contributed by atoms with van der Waals surface area (Å²) in [5, 5.41) is 10.6. The van der Waals surface area contributed by atoms with Crippen LogP contribution in [0.25, 0.3) is 16.3 Å². The number of urea groups is 1. The molecule has 7 nitrogen and oxygen atoms in total. The van der Waals surface area contributed by atoms with Gasteiger partial charge in [0.05, 0.1) is 41.2 Å². The third-order valence-electron chi connectivity index (χ3n) is 4.17. The number of benzene rings is 1. The van der Waals surface area contributed by atoms with Gasteiger partial charge in [-0.3, -0.25) is 5.32 Å². The van der Waals surface area contributed by atoms with Crippen LogP contribution in [0.4, 0.5) is 9.93 Å². The molecule has 0 unspecified atom stereocenters. The Kier molecular flexibility index (Phi) is 4.87. The number of carbonyl (C=O) groups is 1. The molecule has 0 saturated heterocycles. The lowest BCUT2D eigenvalue weighted by Gasteiger charge is -2.13. The summed E-state index contributed by atoms with van der Waals surface area (Å²) in [5.74, 6) is 5.46. The van der Waals surface area contributed by atoms with E-state index in [2.05, 4.69) is 32.6 Å². The van der Waals surface area contributed by atoms with Crippen molar-refractivity contribution in [2.24, 2.45) is 5.73 Å². The maximum Gasteiger partial charge on any atom is 0.321 e. The van der Waals surface area contributed by atoms with Gasteiger partial charge >= 0.3 is 6.03 Å². The number of anilines is 1. The molecule has 2 heterocycles.